The highest BCUT2D eigenvalue weighted by molar-refractivity contribution is 6.01. The summed E-state index contributed by atoms with van der Waals surface area (Å²) >= 11 is 0. The highest BCUT2D eigenvalue weighted by Gasteiger charge is 2.45. The highest BCUT2D eigenvalue weighted by Crippen LogP contribution is 2.28. The van der Waals surface area contributed by atoms with Crippen molar-refractivity contribution in [3.8, 4) is 0 Å². The van der Waals surface area contributed by atoms with Crippen molar-refractivity contribution in [1.29, 1.82) is 0 Å². The third-order valence-corrected chi connectivity index (χ3v) is 8.50. The molecule has 0 bridgehead atoms. The van der Waals surface area contributed by atoms with E-state index in [-0.39, 0.29) is 25.2 Å². The monoisotopic (exact) mass is 620 g/mol. The fourth-order valence-corrected chi connectivity index (χ4v) is 5.88. The molecule has 43 heavy (non-hydrogen) atoms. The maximum atomic E-state index is 12.1. The first-order chi connectivity index (χ1) is 20.3. The Morgan fingerprint density at radius 2 is 1.47 bits per heavy atom. The van der Waals surface area contributed by atoms with E-state index in [9.17, 15) is 50.1 Å². The molecule has 3 saturated heterocycles. The minimum absolute atomic E-state index is 0.0247. The molecule has 0 aromatic rings. The average molecular weight is 621 g/mol. The number of rotatable bonds is 15. The molecule has 0 spiro atoms. The number of imide groups is 1. The number of aliphatic hydroxyl groups excluding tert-OH is 7. The minimum Gasteiger partial charge on any atom is -0.394 e. The molecule has 2 amide bonds. The second-order valence-corrected chi connectivity index (χ2v) is 11.9. The molecule has 3 rings (SSSR count). The molecule has 0 aliphatic carbocycles. The number of nitrogens with zero attached hydrogens (tertiary/aromatic N) is 2. The van der Waals surface area contributed by atoms with Gasteiger partial charge in [-0.15, -0.1) is 5.06 Å². The van der Waals surface area contributed by atoms with Gasteiger partial charge in [0.05, 0.1) is 24.9 Å². The van der Waals surface area contributed by atoms with Crippen molar-refractivity contribution in [2.24, 2.45) is 5.92 Å². The third-order valence-electron chi connectivity index (χ3n) is 8.50. The molecule has 0 radical (unpaired) electrons. The quantitative estimate of drug-likeness (QED) is 0.0747. The summed E-state index contributed by atoms with van der Waals surface area (Å²) in [4.78, 5) is 42.3. The van der Waals surface area contributed by atoms with E-state index < -0.39 is 85.4 Å². The Kier molecular flexibility index (Phi) is 13.7. The van der Waals surface area contributed by atoms with Gasteiger partial charge < -0.3 is 55.0 Å². The molecule has 1 unspecified atom stereocenters. The second-order valence-electron chi connectivity index (χ2n) is 11.9. The number of amides is 2. The highest BCUT2D eigenvalue weighted by atomic mass is 16.7. The average Bonchev–Trinajstić information content (AvgIpc) is 3.29. The number of ether oxygens (including phenoxy) is 2. The first-order valence-electron chi connectivity index (χ1n) is 15.1. The van der Waals surface area contributed by atoms with Gasteiger partial charge in [-0.25, -0.2) is 4.79 Å². The summed E-state index contributed by atoms with van der Waals surface area (Å²) in [6.07, 6.45) is -8.41. The molecule has 15 nitrogen and oxygen atoms in total. The van der Waals surface area contributed by atoms with E-state index in [1.54, 1.807) is 6.92 Å². The lowest BCUT2D eigenvalue weighted by Crippen LogP contribution is -2.60. The van der Waals surface area contributed by atoms with Crippen LogP contribution in [0.15, 0.2) is 0 Å². The van der Waals surface area contributed by atoms with Crippen LogP contribution in [0.1, 0.15) is 65.2 Å². The zero-order valence-electron chi connectivity index (χ0n) is 24.8. The van der Waals surface area contributed by atoms with E-state index in [4.69, 9.17) is 14.3 Å². The predicted octanol–water partition coefficient (Wildman–Crippen LogP) is -2.42. The van der Waals surface area contributed by atoms with Crippen LogP contribution in [0.3, 0.4) is 0 Å². The molecule has 3 aliphatic heterocycles. The van der Waals surface area contributed by atoms with Crippen LogP contribution >= 0.6 is 0 Å². The molecule has 0 aromatic carbocycles. The normalized spacial score (nSPS) is 35.9. The number of hydrogen-bond donors (Lipinski definition) is 7. The molecule has 11 atom stereocenters. The van der Waals surface area contributed by atoms with E-state index in [1.165, 1.54) is 0 Å². The van der Waals surface area contributed by atoms with Crippen molar-refractivity contribution in [2.45, 2.75) is 126 Å². The maximum Gasteiger partial charge on any atom is 0.333 e. The van der Waals surface area contributed by atoms with E-state index in [0.717, 1.165) is 0 Å². The molecular formula is C28H48N2O13. The third kappa shape index (κ3) is 9.36. The first-order valence-corrected chi connectivity index (χ1v) is 15.1. The molecule has 15 heteroatoms. The largest absolute Gasteiger partial charge is 0.394 e. The van der Waals surface area contributed by atoms with Crippen LogP contribution in [0.25, 0.3) is 0 Å². The van der Waals surface area contributed by atoms with Crippen molar-refractivity contribution >= 4 is 17.8 Å². The predicted molar refractivity (Wildman–Crippen MR) is 147 cm³/mol. The molecule has 0 aromatic heterocycles. The molecule has 7 N–H and O–H groups in total. The molecule has 0 saturated carbocycles. The smallest absolute Gasteiger partial charge is 0.333 e. The summed E-state index contributed by atoms with van der Waals surface area (Å²) in [5.41, 5.74) is 0. The number of aliphatic hydroxyl groups is 7. The zero-order chi connectivity index (χ0) is 31.8. The van der Waals surface area contributed by atoms with Gasteiger partial charge in [0.2, 0.25) is 0 Å². The summed E-state index contributed by atoms with van der Waals surface area (Å²) in [5.74, 6) is -2.06. The van der Waals surface area contributed by atoms with E-state index in [2.05, 4.69) is 4.90 Å². The molecule has 3 aliphatic rings. The summed E-state index contributed by atoms with van der Waals surface area (Å²) in [6, 6.07) is 0. The van der Waals surface area contributed by atoms with E-state index in [0.29, 0.717) is 56.8 Å². The number of carbonyl (C=O) groups excluding carboxylic acids is 3. The van der Waals surface area contributed by atoms with Gasteiger partial charge in [-0.3, -0.25) is 9.59 Å². The van der Waals surface area contributed by atoms with Gasteiger partial charge in [0.1, 0.15) is 42.7 Å². The molecule has 248 valence electrons. The van der Waals surface area contributed by atoms with Gasteiger partial charge in [0.25, 0.3) is 11.8 Å². The van der Waals surface area contributed by atoms with Crippen LogP contribution in [0.2, 0.25) is 0 Å². The first kappa shape index (κ1) is 35.7. The summed E-state index contributed by atoms with van der Waals surface area (Å²) in [6.45, 7) is 4.44. The summed E-state index contributed by atoms with van der Waals surface area (Å²) < 4.78 is 11.4. The Balaban J connectivity index is 1.52. The van der Waals surface area contributed by atoms with Gasteiger partial charge in [-0.05, 0) is 51.6 Å². The van der Waals surface area contributed by atoms with Crippen LogP contribution < -0.4 is 0 Å². The van der Waals surface area contributed by atoms with Gasteiger partial charge in [0.15, 0.2) is 0 Å². The van der Waals surface area contributed by atoms with Gasteiger partial charge in [-0.1, -0.05) is 13.3 Å². The maximum absolute atomic E-state index is 12.1. The van der Waals surface area contributed by atoms with Crippen molar-refractivity contribution < 1.29 is 64.4 Å². The van der Waals surface area contributed by atoms with Crippen molar-refractivity contribution in [2.75, 3.05) is 26.2 Å². The number of hydrogen-bond acceptors (Lipinski definition) is 14. The van der Waals surface area contributed by atoms with Crippen molar-refractivity contribution in [3.63, 3.8) is 0 Å². The van der Waals surface area contributed by atoms with Crippen molar-refractivity contribution in [1.82, 2.24) is 9.96 Å². The SMILES string of the molecule is CC(CN(CCCCCC(=O)ON1C(=O)CCC1=O)CCC[C@@H]1O[C@@H](C)[C@@H](O)[C@@H](O)[C@@H]1O)[C@H]1O[C@H](CO)[C@@H](O)[C@H](O)[C@@H]1O. The summed E-state index contributed by atoms with van der Waals surface area (Å²) in [7, 11) is 0. The van der Waals surface area contributed by atoms with Crippen LogP contribution in [0.4, 0.5) is 0 Å². The van der Waals surface area contributed by atoms with Crippen LogP contribution in [-0.4, -0.2) is 151 Å². The minimum atomic E-state index is -1.48. The van der Waals surface area contributed by atoms with E-state index >= 15 is 0 Å². The topological polar surface area (TPSA) is 227 Å². The van der Waals surface area contributed by atoms with Crippen LogP contribution in [0.5, 0.6) is 0 Å². The lowest BCUT2D eigenvalue weighted by atomic mass is 9.88. The van der Waals surface area contributed by atoms with Crippen LogP contribution in [0, 0.1) is 5.92 Å². The Labute approximate surface area is 250 Å². The lowest BCUT2D eigenvalue weighted by molar-refractivity contribution is -0.240. The Morgan fingerprint density at radius 1 is 0.860 bits per heavy atom. The van der Waals surface area contributed by atoms with Gasteiger partial charge in [-0.2, -0.15) is 0 Å². The fourth-order valence-electron chi connectivity index (χ4n) is 5.88. The van der Waals surface area contributed by atoms with E-state index in [1.807, 2.05) is 6.92 Å². The standard InChI is InChI=1S/C28H48N2O13/c1-15(28-27(40)26(39)24(37)18(14-31)42-28)13-29(12-6-7-17-23(36)25(38)22(35)16(2)41-17)11-5-3-4-8-21(34)43-30-19(32)9-10-20(30)33/h15-18,22-28,31,35-40H,3-14H2,1-2H3/t15?,16-,17-,18+,22+,23+,24+,25+,26-,27-,28+/m0/s1. The Morgan fingerprint density at radius 3 is 2.12 bits per heavy atom. The lowest BCUT2D eigenvalue weighted by Gasteiger charge is -2.43. The number of unbranched alkanes of at least 4 members (excludes halogenated alkanes) is 2. The van der Waals surface area contributed by atoms with Crippen LogP contribution in [-0.2, 0) is 28.7 Å². The van der Waals surface area contributed by atoms with Gasteiger partial charge >= 0.3 is 5.97 Å². The van der Waals surface area contributed by atoms with Crippen molar-refractivity contribution in [3.05, 3.63) is 0 Å². The molecular weight excluding hydrogens is 572 g/mol. The Bertz CT molecular complexity index is 907. The molecule has 3 fully saturated rings. The summed E-state index contributed by atoms with van der Waals surface area (Å²) in [5, 5.41) is 71.4. The second kappa shape index (κ2) is 16.5. The van der Waals surface area contributed by atoms with Gasteiger partial charge in [0, 0.05) is 25.8 Å². The zero-order valence-corrected chi connectivity index (χ0v) is 24.8. The molecule has 3 heterocycles. The number of hydroxylamine groups is 2. The Hall–Kier alpha value is -1.79. The fraction of sp³-hybridized carbons (Fsp3) is 0.893. The number of carbonyl (C=O) groups is 3.